The molecule has 4 nitrogen and oxygen atoms in total. The van der Waals surface area contributed by atoms with E-state index in [2.05, 4.69) is 5.32 Å². The molecule has 0 saturated heterocycles. The van der Waals surface area contributed by atoms with Gasteiger partial charge in [0.1, 0.15) is 5.82 Å². The van der Waals surface area contributed by atoms with Crippen LogP contribution in [0.25, 0.3) is 0 Å². The second-order valence-electron chi connectivity index (χ2n) is 4.48. The molecule has 2 aromatic rings. The molecule has 0 fully saturated rings. The lowest BCUT2D eigenvalue weighted by atomic mass is 10.1. The molecule has 22 heavy (non-hydrogen) atoms. The van der Waals surface area contributed by atoms with E-state index in [1.54, 1.807) is 24.3 Å². The molecule has 0 aromatic heterocycles. The first-order valence-electron chi connectivity index (χ1n) is 6.49. The third kappa shape index (κ3) is 4.86. The lowest BCUT2D eigenvalue weighted by molar-refractivity contribution is -0.146. The van der Waals surface area contributed by atoms with Crippen molar-refractivity contribution in [2.45, 2.75) is 6.42 Å². The number of carbonyl (C=O) groups excluding carboxylic acids is 2. The molecule has 0 unspecified atom stereocenters. The molecule has 1 N–H and O–H groups in total. The van der Waals surface area contributed by atoms with Crippen LogP contribution in [0.5, 0.6) is 0 Å². The summed E-state index contributed by atoms with van der Waals surface area (Å²) in [6.07, 6.45) is -0.0104. The predicted molar refractivity (Wildman–Crippen MR) is 81.1 cm³/mol. The molecule has 0 aliphatic heterocycles. The molecular formula is C16H13ClFNO3. The van der Waals surface area contributed by atoms with Crippen molar-refractivity contribution in [3.63, 3.8) is 0 Å². The van der Waals surface area contributed by atoms with Gasteiger partial charge in [-0.15, -0.1) is 0 Å². The highest BCUT2D eigenvalue weighted by Gasteiger charge is 2.10. The molecule has 0 aliphatic carbocycles. The summed E-state index contributed by atoms with van der Waals surface area (Å²) in [4.78, 5) is 23.3. The number of esters is 1. The summed E-state index contributed by atoms with van der Waals surface area (Å²) in [5.74, 6) is -1.45. The van der Waals surface area contributed by atoms with E-state index in [-0.39, 0.29) is 6.42 Å². The maximum atomic E-state index is 12.7. The van der Waals surface area contributed by atoms with E-state index >= 15 is 0 Å². The van der Waals surface area contributed by atoms with Crippen LogP contribution in [-0.2, 0) is 20.7 Å². The molecule has 6 heteroatoms. The van der Waals surface area contributed by atoms with Gasteiger partial charge in [-0.25, -0.2) is 4.39 Å². The number of ether oxygens (including phenoxy) is 1. The molecular weight excluding hydrogens is 309 g/mol. The number of hydrogen-bond acceptors (Lipinski definition) is 3. The molecule has 114 valence electrons. The van der Waals surface area contributed by atoms with E-state index in [4.69, 9.17) is 16.3 Å². The van der Waals surface area contributed by atoms with E-state index in [1.165, 1.54) is 24.3 Å². The Bertz CT molecular complexity index is 673. The zero-order chi connectivity index (χ0) is 15.9. The van der Waals surface area contributed by atoms with E-state index in [1.807, 2.05) is 0 Å². The maximum absolute atomic E-state index is 12.7. The van der Waals surface area contributed by atoms with Crippen LogP contribution < -0.4 is 5.32 Å². The van der Waals surface area contributed by atoms with Crippen molar-refractivity contribution in [3.8, 4) is 0 Å². The first kappa shape index (κ1) is 16.0. The van der Waals surface area contributed by atoms with Crippen molar-refractivity contribution >= 4 is 29.2 Å². The van der Waals surface area contributed by atoms with E-state index in [0.717, 1.165) is 0 Å². The fourth-order valence-corrected chi connectivity index (χ4v) is 1.93. The summed E-state index contributed by atoms with van der Waals surface area (Å²) in [5, 5.41) is 2.96. The van der Waals surface area contributed by atoms with Gasteiger partial charge in [0.05, 0.1) is 6.42 Å². The van der Waals surface area contributed by atoms with Gasteiger partial charge in [0.25, 0.3) is 5.91 Å². The Balaban J connectivity index is 1.79. The number of amides is 1. The van der Waals surface area contributed by atoms with E-state index in [0.29, 0.717) is 16.3 Å². The second-order valence-corrected chi connectivity index (χ2v) is 4.89. The highest BCUT2D eigenvalue weighted by molar-refractivity contribution is 6.31. The van der Waals surface area contributed by atoms with E-state index in [9.17, 15) is 14.0 Å². The van der Waals surface area contributed by atoms with Crippen LogP contribution in [0.3, 0.4) is 0 Å². The quantitative estimate of drug-likeness (QED) is 0.860. The number of rotatable bonds is 5. The third-order valence-electron chi connectivity index (χ3n) is 2.78. The number of halogens is 2. The highest BCUT2D eigenvalue weighted by atomic mass is 35.5. The topological polar surface area (TPSA) is 55.4 Å². The van der Waals surface area contributed by atoms with Crippen LogP contribution in [0.4, 0.5) is 10.1 Å². The second kappa shape index (κ2) is 7.56. The normalized spacial score (nSPS) is 10.1. The summed E-state index contributed by atoms with van der Waals surface area (Å²) in [6.45, 7) is -0.416. The number of carbonyl (C=O) groups is 2. The minimum absolute atomic E-state index is 0.0104. The molecule has 0 atom stereocenters. The number of anilines is 1. The Morgan fingerprint density at radius 1 is 1.09 bits per heavy atom. The first-order valence-corrected chi connectivity index (χ1v) is 6.87. The Labute approximate surface area is 131 Å². The van der Waals surface area contributed by atoms with Gasteiger partial charge in [-0.2, -0.15) is 0 Å². The lowest BCUT2D eigenvalue weighted by Gasteiger charge is -2.07. The van der Waals surface area contributed by atoms with Gasteiger partial charge in [0.15, 0.2) is 6.61 Å². The zero-order valence-corrected chi connectivity index (χ0v) is 12.3. The standard InChI is InChI=1S/C16H13ClFNO3/c17-14-4-2-1-3-11(14)9-16(21)22-10-15(20)19-13-7-5-12(18)6-8-13/h1-8H,9-10H2,(H,19,20). The van der Waals surface area contributed by atoms with Crippen LogP contribution in [0.1, 0.15) is 5.56 Å². The SMILES string of the molecule is O=C(COC(=O)Cc1ccccc1Cl)Nc1ccc(F)cc1. The molecule has 0 aliphatic rings. The largest absolute Gasteiger partial charge is 0.455 e. The van der Waals surface area contributed by atoms with Gasteiger partial charge in [0.2, 0.25) is 0 Å². The van der Waals surface area contributed by atoms with Gasteiger partial charge in [-0.3, -0.25) is 9.59 Å². The lowest BCUT2D eigenvalue weighted by Crippen LogP contribution is -2.21. The van der Waals surface area contributed by atoms with Gasteiger partial charge >= 0.3 is 5.97 Å². The Morgan fingerprint density at radius 3 is 2.45 bits per heavy atom. The number of benzene rings is 2. The van der Waals surface area contributed by atoms with Crippen molar-refractivity contribution in [3.05, 3.63) is 64.9 Å². The summed E-state index contributed by atoms with van der Waals surface area (Å²) >= 11 is 5.93. The molecule has 0 spiro atoms. The van der Waals surface area contributed by atoms with Gasteiger partial charge < -0.3 is 10.1 Å². The number of hydrogen-bond donors (Lipinski definition) is 1. The maximum Gasteiger partial charge on any atom is 0.310 e. The summed E-state index contributed by atoms with van der Waals surface area (Å²) in [6, 6.07) is 12.2. The molecule has 0 heterocycles. The average Bonchev–Trinajstić information content (AvgIpc) is 2.50. The molecule has 2 rings (SSSR count). The van der Waals surface area contributed by atoms with Crippen molar-refractivity contribution < 1.29 is 18.7 Å². The fraction of sp³-hybridized carbons (Fsp3) is 0.125. The van der Waals surface area contributed by atoms with Crippen molar-refractivity contribution in [2.24, 2.45) is 0 Å². The average molecular weight is 322 g/mol. The van der Waals surface area contributed by atoms with Gasteiger partial charge in [-0.05, 0) is 35.9 Å². The molecule has 0 radical (unpaired) electrons. The van der Waals surface area contributed by atoms with Crippen LogP contribution >= 0.6 is 11.6 Å². The fourth-order valence-electron chi connectivity index (χ4n) is 1.72. The molecule has 0 saturated carbocycles. The van der Waals surface area contributed by atoms with Crippen LogP contribution in [0, 0.1) is 5.82 Å². The summed E-state index contributed by atoms with van der Waals surface area (Å²) < 4.78 is 17.6. The zero-order valence-electron chi connectivity index (χ0n) is 11.5. The predicted octanol–water partition coefficient (Wildman–Crippen LogP) is 3.20. The van der Waals surface area contributed by atoms with Gasteiger partial charge in [-0.1, -0.05) is 29.8 Å². The Morgan fingerprint density at radius 2 is 1.77 bits per heavy atom. The van der Waals surface area contributed by atoms with Crippen LogP contribution in [0.15, 0.2) is 48.5 Å². The molecule has 1 amide bonds. The van der Waals surface area contributed by atoms with Crippen LogP contribution in [-0.4, -0.2) is 18.5 Å². The summed E-state index contributed by atoms with van der Waals surface area (Å²) in [7, 11) is 0. The van der Waals surface area contributed by atoms with Crippen LogP contribution in [0.2, 0.25) is 5.02 Å². The number of nitrogens with one attached hydrogen (secondary N) is 1. The summed E-state index contributed by atoms with van der Waals surface area (Å²) in [5.41, 5.74) is 1.06. The van der Waals surface area contributed by atoms with Gasteiger partial charge in [0, 0.05) is 10.7 Å². The Kier molecular flexibility index (Phi) is 5.49. The minimum atomic E-state index is -0.553. The first-order chi connectivity index (χ1) is 10.5. The third-order valence-corrected chi connectivity index (χ3v) is 3.15. The molecule has 2 aromatic carbocycles. The highest BCUT2D eigenvalue weighted by Crippen LogP contribution is 2.15. The molecule has 0 bridgehead atoms. The van der Waals surface area contributed by atoms with E-state index < -0.39 is 24.3 Å². The monoisotopic (exact) mass is 321 g/mol. The smallest absolute Gasteiger partial charge is 0.310 e. The minimum Gasteiger partial charge on any atom is -0.455 e. The van der Waals surface area contributed by atoms with Crippen molar-refractivity contribution in [1.29, 1.82) is 0 Å². The van der Waals surface area contributed by atoms with Crippen molar-refractivity contribution in [2.75, 3.05) is 11.9 Å². The Hall–Kier alpha value is -2.40. The van der Waals surface area contributed by atoms with Crippen molar-refractivity contribution in [1.82, 2.24) is 0 Å².